The Balaban J connectivity index is 3.30. The number of benzene rings is 1. The molecular formula is C7H7FN2O3. The molecule has 0 spiro atoms. The number of halogens is 1. The number of rotatable bonds is 2. The fourth-order valence-electron chi connectivity index (χ4n) is 0.873. The van der Waals surface area contributed by atoms with Crippen LogP contribution in [0.4, 0.5) is 15.8 Å². The lowest BCUT2D eigenvalue weighted by Gasteiger charge is -2.02. The Morgan fingerprint density at radius 1 is 1.62 bits per heavy atom. The molecule has 70 valence electrons. The van der Waals surface area contributed by atoms with Crippen LogP contribution >= 0.6 is 0 Å². The van der Waals surface area contributed by atoms with E-state index in [1.807, 2.05) is 0 Å². The molecule has 0 unspecified atom stereocenters. The number of nitro groups is 1. The third-order valence-corrected chi connectivity index (χ3v) is 1.50. The van der Waals surface area contributed by atoms with Crippen molar-refractivity contribution in [3.05, 3.63) is 28.1 Å². The molecule has 0 aliphatic rings. The summed E-state index contributed by atoms with van der Waals surface area (Å²) in [5, 5.41) is 10.3. The maximum Gasteiger partial charge on any atom is 0.296 e. The molecule has 0 fully saturated rings. The second-order valence-electron chi connectivity index (χ2n) is 2.30. The molecule has 0 saturated carbocycles. The van der Waals surface area contributed by atoms with Crippen molar-refractivity contribution in [2.45, 2.75) is 0 Å². The van der Waals surface area contributed by atoms with E-state index in [1.165, 1.54) is 7.11 Å². The minimum absolute atomic E-state index is 0.194. The van der Waals surface area contributed by atoms with E-state index in [0.29, 0.717) is 0 Å². The highest BCUT2D eigenvalue weighted by atomic mass is 19.1. The molecule has 1 rings (SSSR count). The van der Waals surface area contributed by atoms with Gasteiger partial charge in [0.1, 0.15) is 5.69 Å². The quantitative estimate of drug-likeness (QED) is 0.429. The summed E-state index contributed by atoms with van der Waals surface area (Å²) in [6.07, 6.45) is 0. The smallest absolute Gasteiger partial charge is 0.296 e. The first-order chi connectivity index (χ1) is 6.06. The predicted octanol–water partition coefficient (Wildman–Crippen LogP) is 1.32. The van der Waals surface area contributed by atoms with Crippen LogP contribution < -0.4 is 10.5 Å². The summed E-state index contributed by atoms with van der Waals surface area (Å²) in [4.78, 5) is 9.65. The SMILES string of the molecule is COc1cc([N+](=O)[O-])c(N)cc1F. The van der Waals surface area contributed by atoms with Gasteiger partial charge < -0.3 is 10.5 Å². The van der Waals surface area contributed by atoms with Gasteiger partial charge in [0.15, 0.2) is 11.6 Å². The van der Waals surface area contributed by atoms with Gasteiger partial charge in [-0.05, 0) is 0 Å². The highest BCUT2D eigenvalue weighted by Crippen LogP contribution is 2.29. The molecule has 0 bridgehead atoms. The number of anilines is 1. The van der Waals surface area contributed by atoms with E-state index in [2.05, 4.69) is 4.74 Å². The molecule has 6 heteroatoms. The van der Waals surface area contributed by atoms with Crippen molar-refractivity contribution < 1.29 is 14.1 Å². The molecule has 0 aliphatic heterocycles. The molecule has 0 radical (unpaired) electrons. The number of nitro benzene ring substituents is 1. The van der Waals surface area contributed by atoms with E-state index in [-0.39, 0.29) is 17.1 Å². The lowest BCUT2D eigenvalue weighted by molar-refractivity contribution is -0.384. The molecule has 0 heterocycles. The molecule has 1 aromatic carbocycles. The van der Waals surface area contributed by atoms with Gasteiger partial charge in [0.25, 0.3) is 5.69 Å². The van der Waals surface area contributed by atoms with E-state index in [0.717, 1.165) is 12.1 Å². The predicted molar refractivity (Wildman–Crippen MR) is 44.0 cm³/mol. The first kappa shape index (κ1) is 9.24. The minimum Gasteiger partial charge on any atom is -0.493 e. The Morgan fingerprint density at radius 3 is 2.69 bits per heavy atom. The van der Waals surface area contributed by atoms with Gasteiger partial charge in [-0.25, -0.2) is 4.39 Å². The molecule has 0 aliphatic carbocycles. The van der Waals surface area contributed by atoms with Crippen LogP contribution in [-0.2, 0) is 0 Å². The van der Waals surface area contributed by atoms with Gasteiger partial charge in [0.2, 0.25) is 0 Å². The summed E-state index contributed by atoms with van der Waals surface area (Å²) < 4.78 is 17.4. The molecule has 0 aromatic heterocycles. The molecule has 0 atom stereocenters. The van der Waals surface area contributed by atoms with Crippen molar-refractivity contribution in [2.75, 3.05) is 12.8 Å². The van der Waals surface area contributed by atoms with Crippen molar-refractivity contribution >= 4 is 11.4 Å². The summed E-state index contributed by atoms with van der Waals surface area (Å²) in [6.45, 7) is 0. The highest BCUT2D eigenvalue weighted by molar-refractivity contribution is 5.61. The summed E-state index contributed by atoms with van der Waals surface area (Å²) in [5.41, 5.74) is 4.63. The third kappa shape index (κ3) is 1.66. The van der Waals surface area contributed by atoms with E-state index in [1.54, 1.807) is 0 Å². The number of nitrogen functional groups attached to an aromatic ring is 1. The van der Waals surface area contributed by atoms with Crippen molar-refractivity contribution in [3.8, 4) is 5.75 Å². The first-order valence-corrected chi connectivity index (χ1v) is 3.33. The summed E-state index contributed by atoms with van der Waals surface area (Å²) in [7, 11) is 1.22. The van der Waals surface area contributed by atoms with E-state index >= 15 is 0 Å². The number of methoxy groups -OCH3 is 1. The second kappa shape index (κ2) is 3.26. The fraction of sp³-hybridized carbons (Fsp3) is 0.143. The van der Waals surface area contributed by atoms with Crippen molar-refractivity contribution in [2.24, 2.45) is 0 Å². The van der Waals surface area contributed by atoms with Crippen molar-refractivity contribution in [1.29, 1.82) is 0 Å². The molecule has 0 saturated heterocycles. The van der Waals surface area contributed by atoms with E-state index < -0.39 is 10.7 Å². The molecule has 1 aromatic rings. The van der Waals surface area contributed by atoms with E-state index in [4.69, 9.17) is 5.73 Å². The number of nitrogens with zero attached hydrogens (tertiary/aromatic N) is 1. The molecule has 0 amide bonds. The van der Waals surface area contributed by atoms with Gasteiger partial charge in [0, 0.05) is 6.07 Å². The van der Waals surface area contributed by atoms with Crippen molar-refractivity contribution in [3.63, 3.8) is 0 Å². The molecule has 13 heavy (non-hydrogen) atoms. The Kier molecular flexibility index (Phi) is 2.32. The van der Waals surface area contributed by atoms with E-state index in [9.17, 15) is 14.5 Å². The average Bonchev–Trinajstić information content (AvgIpc) is 2.03. The maximum absolute atomic E-state index is 12.9. The third-order valence-electron chi connectivity index (χ3n) is 1.50. The maximum atomic E-state index is 12.9. The molecule has 2 N–H and O–H groups in total. The number of ether oxygens (including phenoxy) is 1. The zero-order valence-corrected chi connectivity index (χ0v) is 6.78. The normalized spacial score (nSPS) is 9.69. The lowest BCUT2D eigenvalue weighted by atomic mass is 10.2. The van der Waals surface area contributed by atoms with Gasteiger partial charge in [-0.15, -0.1) is 0 Å². The lowest BCUT2D eigenvalue weighted by Crippen LogP contribution is -1.98. The minimum atomic E-state index is -0.717. The van der Waals surface area contributed by atoms with Gasteiger partial charge in [-0.1, -0.05) is 0 Å². The van der Waals surface area contributed by atoms with Gasteiger partial charge >= 0.3 is 0 Å². The van der Waals surface area contributed by atoms with Gasteiger partial charge in [0.05, 0.1) is 18.1 Å². The topological polar surface area (TPSA) is 78.4 Å². The van der Waals surface area contributed by atoms with Crippen LogP contribution in [-0.4, -0.2) is 12.0 Å². The zero-order chi connectivity index (χ0) is 10.0. The Labute approximate surface area is 73.1 Å². The monoisotopic (exact) mass is 186 g/mol. The van der Waals surface area contributed by atoms with Crippen LogP contribution in [0, 0.1) is 15.9 Å². The van der Waals surface area contributed by atoms with Crippen LogP contribution in [0.15, 0.2) is 12.1 Å². The van der Waals surface area contributed by atoms with Crippen LogP contribution in [0.1, 0.15) is 0 Å². The number of hydrogen-bond acceptors (Lipinski definition) is 4. The Morgan fingerprint density at radius 2 is 2.23 bits per heavy atom. The molecular weight excluding hydrogens is 179 g/mol. The number of nitrogens with two attached hydrogens (primary N) is 1. The van der Waals surface area contributed by atoms with Crippen LogP contribution in [0.3, 0.4) is 0 Å². The van der Waals surface area contributed by atoms with Crippen LogP contribution in [0.25, 0.3) is 0 Å². The van der Waals surface area contributed by atoms with Gasteiger partial charge in [-0.2, -0.15) is 0 Å². The second-order valence-corrected chi connectivity index (χ2v) is 2.30. The summed E-state index contributed by atoms with van der Waals surface area (Å²) in [5.74, 6) is -0.911. The molecule has 5 nitrogen and oxygen atoms in total. The first-order valence-electron chi connectivity index (χ1n) is 3.33. The standard InChI is InChI=1S/C7H7FN2O3/c1-13-7-3-6(10(11)12)5(9)2-4(7)8/h2-3H,9H2,1H3. The summed E-state index contributed by atoms with van der Waals surface area (Å²) in [6, 6.07) is 1.81. The van der Waals surface area contributed by atoms with Crippen LogP contribution in [0.2, 0.25) is 0 Å². The Hall–Kier alpha value is -1.85. The Bertz CT molecular complexity index is 354. The average molecular weight is 186 g/mol. The van der Waals surface area contributed by atoms with Crippen LogP contribution in [0.5, 0.6) is 5.75 Å². The van der Waals surface area contributed by atoms with Gasteiger partial charge in [-0.3, -0.25) is 10.1 Å². The van der Waals surface area contributed by atoms with Crippen molar-refractivity contribution in [1.82, 2.24) is 0 Å². The largest absolute Gasteiger partial charge is 0.493 e. The highest BCUT2D eigenvalue weighted by Gasteiger charge is 2.16. The zero-order valence-electron chi connectivity index (χ0n) is 6.78. The summed E-state index contributed by atoms with van der Waals surface area (Å²) >= 11 is 0. The number of hydrogen-bond donors (Lipinski definition) is 1. The fourth-order valence-corrected chi connectivity index (χ4v) is 0.873.